The van der Waals surface area contributed by atoms with Crippen molar-refractivity contribution < 1.29 is 38.7 Å². The first kappa shape index (κ1) is 23.8. The van der Waals surface area contributed by atoms with Crippen LogP contribution in [0.4, 0.5) is 4.79 Å². The van der Waals surface area contributed by atoms with Gasteiger partial charge >= 0.3 is 12.1 Å². The number of nitrogens with zero attached hydrogens (tertiary/aromatic N) is 1. The second-order valence-electron chi connectivity index (χ2n) is 6.64. The summed E-state index contributed by atoms with van der Waals surface area (Å²) in [6.07, 6.45) is -2.06. The Morgan fingerprint density at radius 3 is 2.16 bits per heavy atom. The van der Waals surface area contributed by atoms with E-state index in [9.17, 15) is 14.7 Å². The maximum atomic E-state index is 12.6. The van der Waals surface area contributed by atoms with Gasteiger partial charge in [0.25, 0.3) is 0 Å². The average molecular weight is 433 g/mol. The second kappa shape index (κ2) is 11.7. The molecule has 2 aromatic rings. The molecule has 0 aliphatic rings. The van der Waals surface area contributed by atoms with Crippen molar-refractivity contribution in [3.05, 3.63) is 53.6 Å². The van der Waals surface area contributed by atoms with Crippen molar-refractivity contribution >= 4 is 12.1 Å². The summed E-state index contributed by atoms with van der Waals surface area (Å²) < 4.78 is 20.9. The molecule has 0 spiro atoms. The highest BCUT2D eigenvalue weighted by Crippen LogP contribution is 2.27. The van der Waals surface area contributed by atoms with Gasteiger partial charge in [-0.1, -0.05) is 18.2 Å². The van der Waals surface area contributed by atoms with Crippen LogP contribution >= 0.6 is 0 Å². The molecule has 9 heteroatoms. The number of benzene rings is 2. The Hall–Kier alpha value is -3.46. The minimum Gasteiger partial charge on any atom is -0.497 e. The third-order valence-electron chi connectivity index (χ3n) is 4.58. The van der Waals surface area contributed by atoms with Crippen molar-refractivity contribution in [2.24, 2.45) is 0 Å². The maximum absolute atomic E-state index is 12.6. The molecule has 9 nitrogen and oxygen atoms in total. The molecule has 31 heavy (non-hydrogen) atoms. The number of hydrogen-bond donors (Lipinski definition) is 2. The van der Waals surface area contributed by atoms with Crippen molar-refractivity contribution in [1.29, 1.82) is 0 Å². The van der Waals surface area contributed by atoms with E-state index in [0.717, 1.165) is 11.1 Å². The van der Waals surface area contributed by atoms with E-state index in [0.29, 0.717) is 23.7 Å². The lowest BCUT2D eigenvalue weighted by molar-refractivity contribution is -0.147. The number of amides is 1. The summed E-state index contributed by atoms with van der Waals surface area (Å²) in [5.41, 5.74) is 1.59. The number of aliphatic hydroxyl groups excluding tert-OH is 1. The second-order valence-corrected chi connectivity index (χ2v) is 6.64. The molecule has 1 unspecified atom stereocenters. The van der Waals surface area contributed by atoms with Crippen molar-refractivity contribution in [1.82, 2.24) is 4.90 Å². The number of carbonyl (C=O) groups excluding carboxylic acids is 1. The van der Waals surface area contributed by atoms with Crippen LogP contribution < -0.4 is 14.2 Å². The van der Waals surface area contributed by atoms with Crippen LogP contribution in [0.1, 0.15) is 11.1 Å². The minimum atomic E-state index is -1.72. The topological polar surface area (TPSA) is 115 Å². The lowest BCUT2D eigenvalue weighted by Gasteiger charge is -2.23. The highest BCUT2D eigenvalue weighted by Gasteiger charge is 2.23. The molecule has 0 fully saturated rings. The average Bonchev–Trinajstić information content (AvgIpc) is 2.79. The number of methoxy groups -OCH3 is 3. The molecule has 0 saturated carbocycles. The Bertz CT molecular complexity index is 868. The maximum Gasteiger partial charge on any atom is 0.410 e. The zero-order valence-electron chi connectivity index (χ0n) is 17.7. The van der Waals surface area contributed by atoms with E-state index in [1.807, 2.05) is 6.07 Å². The Labute approximate surface area is 180 Å². The number of hydrogen-bond acceptors (Lipinski definition) is 7. The van der Waals surface area contributed by atoms with Crippen LogP contribution in [0.3, 0.4) is 0 Å². The van der Waals surface area contributed by atoms with E-state index in [4.69, 9.17) is 24.1 Å². The minimum absolute atomic E-state index is 0.00114. The molecule has 2 aromatic carbocycles. The van der Waals surface area contributed by atoms with Gasteiger partial charge in [-0.15, -0.1) is 0 Å². The molecular formula is C22H27NO8. The molecule has 0 aliphatic carbocycles. The molecule has 1 atom stereocenters. The van der Waals surface area contributed by atoms with Crippen molar-refractivity contribution in [3.8, 4) is 17.2 Å². The Balaban J connectivity index is 2.04. The van der Waals surface area contributed by atoms with E-state index in [1.165, 1.54) is 19.1 Å². The summed E-state index contributed by atoms with van der Waals surface area (Å²) in [4.78, 5) is 24.8. The Kier molecular flexibility index (Phi) is 8.95. The van der Waals surface area contributed by atoms with Crippen molar-refractivity contribution in [2.45, 2.75) is 19.1 Å². The monoisotopic (exact) mass is 433 g/mol. The van der Waals surface area contributed by atoms with E-state index >= 15 is 0 Å². The molecule has 0 heterocycles. The quantitative estimate of drug-likeness (QED) is 0.555. The van der Waals surface area contributed by atoms with Gasteiger partial charge in [0.15, 0.2) is 17.6 Å². The highest BCUT2D eigenvalue weighted by atomic mass is 16.6. The molecular weight excluding hydrogens is 406 g/mol. The number of aliphatic hydroxyl groups is 1. The number of ether oxygens (including phenoxy) is 4. The van der Waals surface area contributed by atoms with Gasteiger partial charge in [0, 0.05) is 6.54 Å². The highest BCUT2D eigenvalue weighted by molar-refractivity contribution is 5.74. The van der Waals surface area contributed by atoms with Crippen LogP contribution in [0.5, 0.6) is 17.2 Å². The van der Waals surface area contributed by atoms with Crippen LogP contribution in [0.25, 0.3) is 0 Å². The molecule has 0 bridgehead atoms. The molecule has 0 saturated heterocycles. The number of carbonyl (C=O) groups is 2. The van der Waals surface area contributed by atoms with E-state index < -0.39 is 24.7 Å². The molecule has 0 radical (unpaired) electrons. The van der Waals surface area contributed by atoms with Gasteiger partial charge in [-0.25, -0.2) is 9.59 Å². The summed E-state index contributed by atoms with van der Waals surface area (Å²) in [7, 11) is 4.61. The fraction of sp³-hybridized carbons (Fsp3) is 0.364. The van der Waals surface area contributed by atoms with Gasteiger partial charge in [0.1, 0.15) is 12.4 Å². The van der Waals surface area contributed by atoms with Gasteiger partial charge in [-0.3, -0.25) is 0 Å². The molecule has 2 rings (SSSR count). The lowest BCUT2D eigenvalue weighted by atomic mass is 10.1. The van der Waals surface area contributed by atoms with Crippen LogP contribution in [-0.4, -0.2) is 67.7 Å². The van der Waals surface area contributed by atoms with Gasteiger partial charge in [0.05, 0.1) is 27.9 Å². The van der Waals surface area contributed by atoms with E-state index in [1.54, 1.807) is 43.5 Å². The predicted octanol–water partition coefficient (Wildman–Crippen LogP) is 2.34. The van der Waals surface area contributed by atoms with Gasteiger partial charge < -0.3 is 34.1 Å². The fourth-order valence-corrected chi connectivity index (χ4v) is 2.80. The SMILES string of the molecule is COc1ccc(COC(=O)N(CCc2ccc(OC)c(OC)c2)CC(O)C(=O)O)cc1. The lowest BCUT2D eigenvalue weighted by Crippen LogP contribution is -2.42. The summed E-state index contributed by atoms with van der Waals surface area (Å²) in [5.74, 6) is 0.373. The molecule has 168 valence electrons. The zero-order valence-corrected chi connectivity index (χ0v) is 17.7. The van der Waals surface area contributed by atoms with Crippen molar-refractivity contribution in [3.63, 3.8) is 0 Å². The van der Waals surface area contributed by atoms with Crippen LogP contribution in [0.2, 0.25) is 0 Å². The van der Waals surface area contributed by atoms with Crippen molar-refractivity contribution in [2.75, 3.05) is 34.4 Å². The number of rotatable bonds is 11. The first-order chi connectivity index (χ1) is 14.9. The number of carboxylic acids is 1. The van der Waals surface area contributed by atoms with E-state index in [-0.39, 0.29) is 13.2 Å². The molecule has 0 aromatic heterocycles. The molecule has 1 amide bonds. The normalized spacial score (nSPS) is 11.4. The standard InChI is InChI=1S/C22H27NO8/c1-28-17-7-4-16(5-8-17)14-31-22(27)23(13-18(24)21(25)26)11-10-15-6-9-19(29-2)20(12-15)30-3/h4-9,12,18,24H,10-11,13-14H2,1-3H3,(H,25,26). The van der Waals surface area contributed by atoms with Gasteiger partial charge in [0.2, 0.25) is 0 Å². The Morgan fingerprint density at radius 1 is 0.935 bits per heavy atom. The van der Waals surface area contributed by atoms with E-state index in [2.05, 4.69) is 0 Å². The third kappa shape index (κ3) is 7.07. The zero-order chi connectivity index (χ0) is 22.8. The first-order valence-corrected chi connectivity index (χ1v) is 9.54. The van der Waals surface area contributed by atoms with Crippen LogP contribution in [-0.2, 0) is 22.6 Å². The Morgan fingerprint density at radius 2 is 1.58 bits per heavy atom. The largest absolute Gasteiger partial charge is 0.497 e. The predicted molar refractivity (Wildman–Crippen MR) is 112 cm³/mol. The van der Waals surface area contributed by atoms with Gasteiger partial charge in [-0.05, 0) is 41.8 Å². The smallest absolute Gasteiger partial charge is 0.410 e. The first-order valence-electron chi connectivity index (χ1n) is 9.54. The fourth-order valence-electron chi connectivity index (χ4n) is 2.80. The van der Waals surface area contributed by atoms with Crippen LogP contribution in [0, 0.1) is 0 Å². The van der Waals surface area contributed by atoms with Crippen LogP contribution in [0.15, 0.2) is 42.5 Å². The number of aliphatic carboxylic acids is 1. The summed E-state index contributed by atoms with van der Waals surface area (Å²) in [6.45, 7) is -0.260. The summed E-state index contributed by atoms with van der Waals surface area (Å²) in [5, 5.41) is 18.7. The third-order valence-corrected chi connectivity index (χ3v) is 4.58. The van der Waals surface area contributed by atoms with Gasteiger partial charge in [-0.2, -0.15) is 0 Å². The number of carboxylic acid groups (broad SMARTS) is 1. The summed E-state index contributed by atoms with van der Waals surface area (Å²) in [6, 6.07) is 12.3. The molecule has 0 aliphatic heterocycles. The summed E-state index contributed by atoms with van der Waals surface area (Å²) >= 11 is 0. The molecule has 2 N–H and O–H groups in total.